The quantitative estimate of drug-likeness (QED) is 0.728. The van der Waals surface area contributed by atoms with Crippen molar-refractivity contribution >= 4 is 23.0 Å². The molecule has 0 spiro atoms. The van der Waals surface area contributed by atoms with Crippen molar-refractivity contribution in [3.8, 4) is 17.2 Å². The highest BCUT2D eigenvalue weighted by Gasteiger charge is 2.34. The summed E-state index contributed by atoms with van der Waals surface area (Å²) in [7, 11) is 1.65. The standard InChI is InChI=1S/C21H26N2O3S/c1-5-25-18-9-7-6-8-16(18)22-20(27)23-17-13-21(2,3)26-19-12-14(24-4)10-11-15(17)19/h6-12,17H,5,13H2,1-4H3,(H2,22,23,27). The molecule has 2 aromatic carbocycles. The van der Waals surface area contributed by atoms with E-state index in [0.29, 0.717) is 11.7 Å². The maximum Gasteiger partial charge on any atom is 0.171 e. The van der Waals surface area contributed by atoms with E-state index in [0.717, 1.165) is 34.9 Å². The van der Waals surface area contributed by atoms with E-state index >= 15 is 0 Å². The van der Waals surface area contributed by atoms with Gasteiger partial charge in [-0.1, -0.05) is 12.1 Å². The molecule has 0 fully saturated rings. The van der Waals surface area contributed by atoms with Gasteiger partial charge in [-0.2, -0.15) is 0 Å². The van der Waals surface area contributed by atoms with Crippen molar-refractivity contribution < 1.29 is 14.2 Å². The van der Waals surface area contributed by atoms with Crippen molar-refractivity contribution in [3.63, 3.8) is 0 Å². The molecule has 0 radical (unpaired) electrons. The number of hydrogen-bond donors (Lipinski definition) is 2. The third-order valence-electron chi connectivity index (χ3n) is 4.42. The van der Waals surface area contributed by atoms with Crippen LogP contribution < -0.4 is 24.8 Å². The lowest BCUT2D eigenvalue weighted by molar-refractivity contribution is 0.0693. The first-order valence-electron chi connectivity index (χ1n) is 9.08. The smallest absolute Gasteiger partial charge is 0.171 e. The van der Waals surface area contributed by atoms with Gasteiger partial charge < -0.3 is 24.8 Å². The maximum absolute atomic E-state index is 6.14. The van der Waals surface area contributed by atoms with Crippen LogP contribution in [0.25, 0.3) is 0 Å². The Labute approximate surface area is 166 Å². The van der Waals surface area contributed by atoms with Crippen molar-refractivity contribution in [2.75, 3.05) is 19.0 Å². The van der Waals surface area contributed by atoms with E-state index in [2.05, 4.69) is 24.5 Å². The normalized spacial score (nSPS) is 17.3. The van der Waals surface area contributed by atoms with Gasteiger partial charge in [0.25, 0.3) is 0 Å². The van der Waals surface area contributed by atoms with E-state index in [1.807, 2.05) is 49.4 Å². The van der Waals surface area contributed by atoms with Crippen molar-refractivity contribution in [2.45, 2.75) is 38.8 Å². The summed E-state index contributed by atoms with van der Waals surface area (Å²) in [4.78, 5) is 0. The van der Waals surface area contributed by atoms with Crippen LogP contribution in [0.3, 0.4) is 0 Å². The number of nitrogens with one attached hydrogen (secondary N) is 2. The van der Waals surface area contributed by atoms with Crippen LogP contribution in [0.1, 0.15) is 38.8 Å². The number of methoxy groups -OCH3 is 1. The highest BCUT2D eigenvalue weighted by Crippen LogP contribution is 2.41. The highest BCUT2D eigenvalue weighted by atomic mass is 32.1. The minimum absolute atomic E-state index is 0.0360. The Kier molecular flexibility index (Phi) is 5.75. The van der Waals surface area contributed by atoms with Gasteiger partial charge in [0.1, 0.15) is 22.8 Å². The van der Waals surface area contributed by atoms with Gasteiger partial charge in [0.2, 0.25) is 0 Å². The lowest BCUT2D eigenvalue weighted by Crippen LogP contribution is -2.42. The number of fused-ring (bicyclic) bond motifs is 1. The molecular weight excluding hydrogens is 360 g/mol. The molecule has 0 saturated carbocycles. The van der Waals surface area contributed by atoms with Gasteiger partial charge in [-0.3, -0.25) is 0 Å². The monoisotopic (exact) mass is 386 g/mol. The van der Waals surface area contributed by atoms with Gasteiger partial charge >= 0.3 is 0 Å². The van der Waals surface area contributed by atoms with E-state index in [-0.39, 0.29) is 11.6 Å². The molecule has 2 aromatic rings. The van der Waals surface area contributed by atoms with Gasteiger partial charge in [-0.15, -0.1) is 0 Å². The number of anilines is 1. The average molecular weight is 387 g/mol. The molecule has 3 rings (SSSR count). The number of ether oxygens (including phenoxy) is 3. The van der Waals surface area contributed by atoms with Crippen LogP contribution in [0.4, 0.5) is 5.69 Å². The fourth-order valence-corrected chi connectivity index (χ4v) is 3.51. The summed E-state index contributed by atoms with van der Waals surface area (Å²) in [6, 6.07) is 13.7. The molecule has 1 atom stereocenters. The van der Waals surface area contributed by atoms with Crippen LogP contribution in [0.15, 0.2) is 42.5 Å². The summed E-state index contributed by atoms with van der Waals surface area (Å²) in [6.07, 6.45) is 0.793. The molecule has 1 aliphatic rings. The van der Waals surface area contributed by atoms with E-state index < -0.39 is 0 Å². The summed E-state index contributed by atoms with van der Waals surface area (Å²) in [5.74, 6) is 2.37. The van der Waals surface area contributed by atoms with Gasteiger partial charge in [0.05, 0.1) is 25.4 Å². The van der Waals surface area contributed by atoms with Crippen molar-refractivity contribution in [1.82, 2.24) is 5.32 Å². The van der Waals surface area contributed by atoms with Crippen LogP contribution in [-0.2, 0) is 0 Å². The zero-order chi connectivity index (χ0) is 19.4. The number of rotatable bonds is 5. The second-order valence-electron chi connectivity index (χ2n) is 7.05. The SMILES string of the molecule is CCOc1ccccc1NC(=S)NC1CC(C)(C)Oc2cc(OC)ccc21. The van der Waals surface area contributed by atoms with Crippen LogP contribution in [-0.4, -0.2) is 24.4 Å². The van der Waals surface area contributed by atoms with Crippen LogP contribution in [0.2, 0.25) is 0 Å². The first-order chi connectivity index (χ1) is 12.9. The Morgan fingerprint density at radius 2 is 2.04 bits per heavy atom. The maximum atomic E-state index is 6.14. The Balaban J connectivity index is 1.78. The highest BCUT2D eigenvalue weighted by molar-refractivity contribution is 7.80. The Morgan fingerprint density at radius 3 is 2.78 bits per heavy atom. The van der Waals surface area contributed by atoms with Crippen LogP contribution in [0, 0.1) is 0 Å². The summed E-state index contributed by atoms with van der Waals surface area (Å²) in [5.41, 5.74) is 1.60. The van der Waals surface area contributed by atoms with E-state index in [1.54, 1.807) is 7.11 Å². The molecule has 0 amide bonds. The average Bonchev–Trinajstić information content (AvgIpc) is 2.62. The Bertz CT molecular complexity index is 823. The van der Waals surface area contributed by atoms with E-state index in [4.69, 9.17) is 26.4 Å². The molecule has 0 aromatic heterocycles. The molecule has 144 valence electrons. The largest absolute Gasteiger partial charge is 0.497 e. The summed E-state index contributed by atoms with van der Waals surface area (Å²) < 4.78 is 17.1. The van der Waals surface area contributed by atoms with Gasteiger partial charge in [0, 0.05) is 18.1 Å². The minimum Gasteiger partial charge on any atom is -0.497 e. The molecular formula is C21H26N2O3S. The fourth-order valence-electron chi connectivity index (χ4n) is 3.26. The lowest BCUT2D eigenvalue weighted by atomic mass is 9.89. The molecule has 27 heavy (non-hydrogen) atoms. The number of hydrogen-bond acceptors (Lipinski definition) is 4. The second kappa shape index (κ2) is 8.05. The summed E-state index contributed by atoms with van der Waals surface area (Å²) >= 11 is 5.57. The third kappa shape index (κ3) is 4.63. The zero-order valence-electron chi connectivity index (χ0n) is 16.2. The van der Waals surface area contributed by atoms with Crippen molar-refractivity contribution in [1.29, 1.82) is 0 Å². The summed E-state index contributed by atoms with van der Waals surface area (Å²) in [5, 5.41) is 7.23. The van der Waals surface area contributed by atoms with Gasteiger partial charge in [0.15, 0.2) is 5.11 Å². The minimum atomic E-state index is -0.310. The molecule has 1 unspecified atom stereocenters. The number of thiocarbonyl (C=S) groups is 1. The first-order valence-corrected chi connectivity index (χ1v) is 9.49. The molecule has 6 heteroatoms. The van der Waals surface area contributed by atoms with Crippen LogP contribution in [0.5, 0.6) is 17.2 Å². The van der Waals surface area contributed by atoms with Gasteiger partial charge in [-0.25, -0.2) is 0 Å². The van der Waals surface area contributed by atoms with Crippen molar-refractivity contribution in [2.24, 2.45) is 0 Å². The van der Waals surface area contributed by atoms with Crippen LogP contribution >= 0.6 is 12.2 Å². The second-order valence-corrected chi connectivity index (χ2v) is 7.46. The number of benzene rings is 2. The third-order valence-corrected chi connectivity index (χ3v) is 4.64. The lowest BCUT2D eigenvalue weighted by Gasteiger charge is -2.38. The molecule has 1 aliphatic heterocycles. The Morgan fingerprint density at radius 1 is 1.26 bits per heavy atom. The van der Waals surface area contributed by atoms with E-state index in [9.17, 15) is 0 Å². The van der Waals surface area contributed by atoms with Crippen molar-refractivity contribution in [3.05, 3.63) is 48.0 Å². The molecule has 5 nitrogen and oxygen atoms in total. The predicted molar refractivity (Wildman–Crippen MR) is 112 cm³/mol. The molecule has 0 saturated heterocycles. The fraction of sp³-hybridized carbons (Fsp3) is 0.381. The molecule has 1 heterocycles. The molecule has 2 N–H and O–H groups in total. The zero-order valence-corrected chi connectivity index (χ0v) is 17.0. The predicted octanol–water partition coefficient (Wildman–Crippen LogP) is 4.68. The van der Waals surface area contributed by atoms with E-state index in [1.165, 1.54) is 0 Å². The summed E-state index contributed by atoms with van der Waals surface area (Å²) in [6.45, 7) is 6.71. The first kappa shape index (κ1) is 19.3. The Hall–Kier alpha value is -2.47. The van der Waals surface area contributed by atoms with Gasteiger partial charge in [-0.05, 0) is 57.3 Å². The molecule has 0 aliphatic carbocycles. The number of para-hydroxylation sites is 2. The topological polar surface area (TPSA) is 51.8 Å². The molecule has 0 bridgehead atoms.